The topological polar surface area (TPSA) is 51.7 Å². The molecule has 0 aliphatic carbocycles. The van der Waals surface area contributed by atoms with Crippen molar-refractivity contribution in [3.63, 3.8) is 0 Å². The smallest absolute Gasteiger partial charge is 0.415 e. The molecule has 0 radical (unpaired) electrons. The van der Waals surface area contributed by atoms with Gasteiger partial charge in [-0.2, -0.15) is 13.2 Å². The molecule has 1 amide bonds. The van der Waals surface area contributed by atoms with Crippen molar-refractivity contribution in [1.29, 1.82) is 0 Å². The number of hydrogen-bond donors (Lipinski definition) is 0. The summed E-state index contributed by atoms with van der Waals surface area (Å²) in [6, 6.07) is 4.75. The van der Waals surface area contributed by atoms with Gasteiger partial charge in [-0.15, -0.1) is 0 Å². The van der Waals surface area contributed by atoms with Crippen LogP contribution >= 0.6 is 0 Å². The summed E-state index contributed by atoms with van der Waals surface area (Å²) < 4.78 is 61.1. The monoisotopic (exact) mass is 368 g/mol. The van der Waals surface area contributed by atoms with E-state index in [-0.39, 0.29) is 18.7 Å². The van der Waals surface area contributed by atoms with Crippen molar-refractivity contribution in [2.45, 2.75) is 13.2 Å². The van der Waals surface area contributed by atoms with E-state index in [0.717, 1.165) is 12.1 Å². The third-order valence-electron chi connectivity index (χ3n) is 3.60. The van der Waals surface area contributed by atoms with E-state index in [1.807, 2.05) is 0 Å². The number of hydrogen-bond acceptors (Lipinski definition) is 4. The molecule has 1 aliphatic heterocycles. The van der Waals surface area contributed by atoms with E-state index < -0.39 is 30.2 Å². The lowest BCUT2D eigenvalue weighted by atomic mass is 10.1. The first-order chi connectivity index (χ1) is 12.4. The molecule has 0 atom stereocenters. The van der Waals surface area contributed by atoms with E-state index in [9.17, 15) is 22.4 Å². The van der Waals surface area contributed by atoms with E-state index in [1.165, 1.54) is 29.5 Å². The first-order valence-corrected chi connectivity index (χ1v) is 7.44. The minimum atomic E-state index is -3.18. The highest BCUT2D eigenvalue weighted by molar-refractivity contribution is 5.70. The molecule has 1 aliphatic rings. The first kappa shape index (κ1) is 17.7. The van der Waals surface area contributed by atoms with Gasteiger partial charge in [0.2, 0.25) is 5.95 Å². The van der Waals surface area contributed by atoms with Gasteiger partial charge in [-0.3, -0.25) is 4.90 Å². The molecule has 5 nitrogen and oxygen atoms in total. The van der Waals surface area contributed by atoms with Crippen LogP contribution in [0.4, 0.5) is 22.4 Å². The summed E-state index contributed by atoms with van der Waals surface area (Å²) in [5, 5.41) is 0. The van der Waals surface area contributed by atoms with Crippen LogP contribution in [0.25, 0.3) is 11.1 Å². The Balaban J connectivity index is 1.89. The molecule has 2 aromatic rings. The van der Waals surface area contributed by atoms with Crippen molar-refractivity contribution < 1.29 is 31.8 Å². The summed E-state index contributed by atoms with van der Waals surface area (Å²) in [7, 11) is 0. The minimum Gasteiger partial charge on any atom is -0.432 e. The molecule has 2 heterocycles. The minimum absolute atomic E-state index is 0.0930. The Morgan fingerprint density at radius 2 is 2.04 bits per heavy atom. The van der Waals surface area contributed by atoms with Crippen molar-refractivity contribution in [1.82, 2.24) is 9.88 Å². The number of carbonyl (C=O) groups is 1. The van der Waals surface area contributed by atoms with E-state index in [1.54, 1.807) is 6.08 Å². The predicted molar refractivity (Wildman–Crippen MR) is 82.3 cm³/mol. The van der Waals surface area contributed by atoms with Crippen molar-refractivity contribution in [3.8, 4) is 16.9 Å². The Labute approximate surface area is 145 Å². The standard InChI is InChI=1S/C17H12F4N2O3/c18-13-3-2-10(7-14(13)26-16(20)21)11-6-12(15(19)22-8-11)9-23-4-1-5-25-17(23)24/h1-3,5-8,16H,4,9H2. The van der Waals surface area contributed by atoms with Crippen LogP contribution in [-0.2, 0) is 11.3 Å². The number of benzene rings is 1. The molecule has 3 rings (SSSR count). The summed E-state index contributed by atoms with van der Waals surface area (Å²) in [6.07, 6.45) is 3.37. The fourth-order valence-corrected chi connectivity index (χ4v) is 2.39. The van der Waals surface area contributed by atoms with Crippen LogP contribution in [0.3, 0.4) is 0 Å². The number of carbonyl (C=O) groups excluding carboxylic acids is 1. The second-order valence-corrected chi connectivity index (χ2v) is 5.33. The molecular weight excluding hydrogens is 356 g/mol. The highest BCUT2D eigenvalue weighted by Crippen LogP contribution is 2.28. The molecular formula is C17H12F4N2O3. The maximum atomic E-state index is 14.0. The van der Waals surface area contributed by atoms with E-state index in [2.05, 4.69) is 9.72 Å². The molecule has 0 fully saturated rings. The number of nitrogens with zero attached hydrogens (tertiary/aromatic N) is 2. The normalized spacial score (nSPS) is 13.9. The van der Waals surface area contributed by atoms with Gasteiger partial charge in [0, 0.05) is 23.9 Å². The fourth-order valence-electron chi connectivity index (χ4n) is 2.39. The summed E-state index contributed by atoms with van der Waals surface area (Å²) in [5.74, 6) is -2.37. The fraction of sp³-hybridized carbons (Fsp3) is 0.176. The Kier molecular flexibility index (Phi) is 5.06. The first-order valence-electron chi connectivity index (χ1n) is 7.44. The quantitative estimate of drug-likeness (QED) is 0.589. The Hall–Kier alpha value is -3.10. The summed E-state index contributed by atoms with van der Waals surface area (Å²) in [6.45, 7) is -3.04. The number of aromatic nitrogens is 1. The molecule has 1 aromatic heterocycles. The van der Waals surface area contributed by atoms with E-state index in [4.69, 9.17) is 4.74 Å². The van der Waals surface area contributed by atoms with Gasteiger partial charge in [0.1, 0.15) is 0 Å². The van der Waals surface area contributed by atoms with Crippen LogP contribution in [0.1, 0.15) is 5.56 Å². The number of ether oxygens (including phenoxy) is 2. The maximum absolute atomic E-state index is 14.0. The molecule has 0 unspecified atom stereocenters. The lowest BCUT2D eigenvalue weighted by molar-refractivity contribution is -0.0521. The number of halogens is 4. The highest BCUT2D eigenvalue weighted by atomic mass is 19.3. The second kappa shape index (κ2) is 7.42. The summed E-state index contributed by atoms with van der Waals surface area (Å²) >= 11 is 0. The van der Waals surface area contributed by atoms with Crippen LogP contribution in [0.5, 0.6) is 5.75 Å². The number of amides is 1. The lowest BCUT2D eigenvalue weighted by Crippen LogP contribution is -2.33. The number of cyclic esters (lactones) is 1. The lowest BCUT2D eigenvalue weighted by Gasteiger charge is -2.22. The van der Waals surface area contributed by atoms with Gasteiger partial charge in [-0.05, 0) is 29.8 Å². The molecule has 26 heavy (non-hydrogen) atoms. The van der Waals surface area contributed by atoms with Crippen molar-refractivity contribution in [2.24, 2.45) is 0 Å². The van der Waals surface area contributed by atoms with Crippen LogP contribution in [0.15, 0.2) is 42.8 Å². The third kappa shape index (κ3) is 3.93. The van der Waals surface area contributed by atoms with Crippen LogP contribution < -0.4 is 4.74 Å². The highest BCUT2D eigenvalue weighted by Gasteiger charge is 2.19. The van der Waals surface area contributed by atoms with Gasteiger partial charge >= 0.3 is 12.7 Å². The number of pyridine rings is 1. The predicted octanol–water partition coefficient (Wildman–Crippen LogP) is 4.09. The second-order valence-electron chi connectivity index (χ2n) is 5.33. The van der Waals surface area contributed by atoms with E-state index in [0.29, 0.717) is 11.1 Å². The SMILES string of the molecule is O=C1OC=CCN1Cc1cc(-c2ccc(F)c(OC(F)F)c2)cnc1F. The van der Waals surface area contributed by atoms with Gasteiger partial charge in [-0.25, -0.2) is 14.2 Å². The Morgan fingerprint density at radius 3 is 2.77 bits per heavy atom. The average Bonchev–Trinajstić information content (AvgIpc) is 2.60. The average molecular weight is 368 g/mol. The summed E-state index contributed by atoms with van der Waals surface area (Å²) in [5.41, 5.74) is 0.744. The molecule has 0 saturated carbocycles. The largest absolute Gasteiger partial charge is 0.432 e. The number of rotatable bonds is 5. The molecule has 0 saturated heterocycles. The molecule has 0 bridgehead atoms. The zero-order valence-corrected chi connectivity index (χ0v) is 13.2. The van der Waals surface area contributed by atoms with Gasteiger partial charge in [-0.1, -0.05) is 6.07 Å². The van der Waals surface area contributed by atoms with Crippen molar-refractivity contribution >= 4 is 6.09 Å². The van der Waals surface area contributed by atoms with Gasteiger partial charge in [0.25, 0.3) is 0 Å². The Bertz CT molecular complexity index is 858. The van der Waals surface area contributed by atoms with Crippen molar-refractivity contribution in [3.05, 3.63) is 60.1 Å². The Morgan fingerprint density at radius 1 is 1.23 bits per heavy atom. The molecule has 1 aromatic carbocycles. The zero-order chi connectivity index (χ0) is 18.7. The zero-order valence-electron chi connectivity index (χ0n) is 13.2. The number of alkyl halides is 2. The van der Waals surface area contributed by atoms with Gasteiger partial charge in [0.15, 0.2) is 11.6 Å². The summed E-state index contributed by atoms with van der Waals surface area (Å²) in [4.78, 5) is 16.5. The van der Waals surface area contributed by atoms with Gasteiger partial charge < -0.3 is 9.47 Å². The van der Waals surface area contributed by atoms with E-state index >= 15 is 0 Å². The van der Waals surface area contributed by atoms with Gasteiger partial charge in [0.05, 0.1) is 12.8 Å². The molecule has 9 heteroatoms. The van der Waals surface area contributed by atoms with Crippen LogP contribution in [0, 0.1) is 11.8 Å². The molecule has 0 N–H and O–H groups in total. The van der Waals surface area contributed by atoms with Crippen LogP contribution in [0.2, 0.25) is 0 Å². The molecule has 136 valence electrons. The third-order valence-corrected chi connectivity index (χ3v) is 3.60. The van der Waals surface area contributed by atoms with Crippen LogP contribution in [-0.4, -0.2) is 29.1 Å². The maximum Gasteiger partial charge on any atom is 0.415 e. The molecule has 0 spiro atoms. The van der Waals surface area contributed by atoms with Crippen molar-refractivity contribution in [2.75, 3.05) is 6.54 Å².